The number of nitrogens with one attached hydrogen (secondary N) is 2. The number of hydrogen-bond donors (Lipinski definition) is 2. The van der Waals surface area contributed by atoms with Crippen LogP contribution in [0.5, 0.6) is 0 Å². The zero-order chi connectivity index (χ0) is 16.7. The van der Waals surface area contributed by atoms with Crippen molar-refractivity contribution in [3.05, 3.63) is 64.2 Å². The fourth-order valence-corrected chi connectivity index (χ4v) is 3.18. The molecule has 122 valence electrons. The molecule has 1 amide bonds. The van der Waals surface area contributed by atoms with Crippen molar-refractivity contribution in [2.75, 3.05) is 13.1 Å². The molecule has 0 radical (unpaired) electrons. The molecule has 2 N–H and O–H groups in total. The number of H-pyrrole nitrogens is 2. The molecule has 3 heterocycles. The molecule has 7 heteroatoms. The van der Waals surface area contributed by atoms with E-state index in [1.165, 1.54) is 24.3 Å². The topological polar surface area (TPSA) is 81.8 Å². The van der Waals surface area contributed by atoms with Crippen LogP contribution in [0.1, 0.15) is 28.5 Å². The van der Waals surface area contributed by atoms with Crippen LogP contribution in [-0.2, 0) is 0 Å². The SMILES string of the molecule is O=C(c1cc2cc(F)ccc2[nH]c1=O)N1CCC(c2ncc[nH]2)C1. The van der Waals surface area contributed by atoms with E-state index < -0.39 is 11.4 Å². The van der Waals surface area contributed by atoms with Crippen molar-refractivity contribution in [2.45, 2.75) is 12.3 Å². The van der Waals surface area contributed by atoms with Crippen molar-refractivity contribution in [3.8, 4) is 0 Å². The van der Waals surface area contributed by atoms with Crippen molar-refractivity contribution in [1.82, 2.24) is 19.9 Å². The van der Waals surface area contributed by atoms with Crippen LogP contribution in [0.25, 0.3) is 10.9 Å². The number of carbonyl (C=O) groups excluding carboxylic acids is 1. The van der Waals surface area contributed by atoms with Gasteiger partial charge in [0.15, 0.2) is 0 Å². The molecule has 1 aromatic carbocycles. The molecule has 1 atom stereocenters. The Bertz CT molecular complexity index is 964. The number of aromatic nitrogens is 3. The number of likely N-dealkylation sites (tertiary alicyclic amines) is 1. The van der Waals surface area contributed by atoms with Crippen molar-refractivity contribution in [2.24, 2.45) is 0 Å². The molecule has 1 unspecified atom stereocenters. The lowest BCUT2D eigenvalue weighted by atomic mass is 10.1. The maximum Gasteiger partial charge on any atom is 0.261 e. The number of imidazole rings is 1. The highest BCUT2D eigenvalue weighted by Gasteiger charge is 2.30. The second-order valence-electron chi connectivity index (χ2n) is 5.95. The fourth-order valence-electron chi connectivity index (χ4n) is 3.18. The van der Waals surface area contributed by atoms with Gasteiger partial charge in [-0.3, -0.25) is 9.59 Å². The van der Waals surface area contributed by atoms with Gasteiger partial charge in [0.1, 0.15) is 17.2 Å². The monoisotopic (exact) mass is 326 g/mol. The van der Waals surface area contributed by atoms with Gasteiger partial charge in [0.05, 0.1) is 0 Å². The Morgan fingerprint density at radius 3 is 3.00 bits per heavy atom. The molecule has 0 aliphatic carbocycles. The molecule has 6 nitrogen and oxygen atoms in total. The lowest BCUT2D eigenvalue weighted by Gasteiger charge is -2.16. The molecular formula is C17H15FN4O2. The Labute approximate surface area is 136 Å². The summed E-state index contributed by atoms with van der Waals surface area (Å²) in [6.07, 6.45) is 4.23. The highest BCUT2D eigenvalue weighted by molar-refractivity contribution is 5.97. The highest BCUT2D eigenvalue weighted by Crippen LogP contribution is 2.25. The van der Waals surface area contributed by atoms with Crippen molar-refractivity contribution in [3.63, 3.8) is 0 Å². The molecule has 1 aliphatic rings. The summed E-state index contributed by atoms with van der Waals surface area (Å²) < 4.78 is 13.4. The van der Waals surface area contributed by atoms with Gasteiger partial charge in [-0.05, 0) is 30.7 Å². The van der Waals surface area contributed by atoms with Crippen LogP contribution in [0, 0.1) is 5.82 Å². The van der Waals surface area contributed by atoms with E-state index in [-0.39, 0.29) is 17.4 Å². The molecule has 0 saturated carbocycles. The third-order valence-corrected chi connectivity index (χ3v) is 4.42. The quantitative estimate of drug-likeness (QED) is 0.756. The maximum atomic E-state index is 13.4. The first-order valence-electron chi connectivity index (χ1n) is 7.73. The maximum absolute atomic E-state index is 13.4. The number of aromatic amines is 2. The summed E-state index contributed by atoms with van der Waals surface area (Å²) in [7, 11) is 0. The van der Waals surface area contributed by atoms with Gasteiger partial charge < -0.3 is 14.9 Å². The predicted octanol–water partition coefficient (Wildman–Crippen LogP) is 2.02. The van der Waals surface area contributed by atoms with E-state index in [1.807, 2.05) is 0 Å². The van der Waals surface area contributed by atoms with Gasteiger partial charge in [-0.25, -0.2) is 9.37 Å². The van der Waals surface area contributed by atoms with E-state index in [0.717, 1.165) is 12.2 Å². The van der Waals surface area contributed by atoms with Crippen molar-refractivity contribution >= 4 is 16.8 Å². The van der Waals surface area contributed by atoms with Gasteiger partial charge in [0, 0.05) is 42.3 Å². The largest absolute Gasteiger partial charge is 0.348 e. The number of benzene rings is 1. The number of halogens is 1. The smallest absolute Gasteiger partial charge is 0.261 e. The van der Waals surface area contributed by atoms with E-state index in [4.69, 9.17) is 0 Å². The Morgan fingerprint density at radius 1 is 1.33 bits per heavy atom. The lowest BCUT2D eigenvalue weighted by molar-refractivity contribution is 0.0789. The number of fused-ring (bicyclic) bond motifs is 1. The summed E-state index contributed by atoms with van der Waals surface area (Å²) in [6.45, 7) is 1.07. The van der Waals surface area contributed by atoms with Gasteiger partial charge in [-0.1, -0.05) is 0 Å². The van der Waals surface area contributed by atoms with Gasteiger partial charge in [-0.2, -0.15) is 0 Å². The molecule has 24 heavy (non-hydrogen) atoms. The summed E-state index contributed by atoms with van der Waals surface area (Å²) in [6, 6.07) is 5.52. The van der Waals surface area contributed by atoms with Crippen LogP contribution in [-0.4, -0.2) is 38.8 Å². The van der Waals surface area contributed by atoms with Crippen LogP contribution in [0.4, 0.5) is 4.39 Å². The van der Waals surface area contributed by atoms with Crippen molar-refractivity contribution < 1.29 is 9.18 Å². The van der Waals surface area contributed by atoms with E-state index >= 15 is 0 Å². The molecule has 4 rings (SSSR count). The van der Waals surface area contributed by atoms with E-state index in [9.17, 15) is 14.0 Å². The van der Waals surface area contributed by atoms with Gasteiger partial charge in [-0.15, -0.1) is 0 Å². The first kappa shape index (κ1) is 14.6. The third kappa shape index (κ3) is 2.47. The highest BCUT2D eigenvalue weighted by atomic mass is 19.1. The number of carbonyl (C=O) groups is 1. The summed E-state index contributed by atoms with van der Waals surface area (Å²) in [5.74, 6) is 0.240. The first-order chi connectivity index (χ1) is 11.6. The zero-order valence-electron chi connectivity index (χ0n) is 12.8. The van der Waals surface area contributed by atoms with Crippen LogP contribution < -0.4 is 5.56 Å². The number of hydrogen-bond acceptors (Lipinski definition) is 3. The molecule has 1 fully saturated rings. The molecule has 2 aromatic heterocycles. The third-order valence-electron chi connectivity index (χ3n) is 4.42. The summed E-state index contributed by atoms with van der Waals surface area (Å²) in [4.78, 5) is 36.5. The standard InChI is InChI=1S/C17H15FN4O2/c18-12-1-2-14-11(7-12)8-13(16(23)21-14)17(24)22-6-3-10(9-22)15-19-4-5-20-15/h1-2,4-5,7-8,10H,3,6,9H2,(H,19,20)(H,21,23). The zero-order valence-corrected chi connectivity index (χ0v) is 12.8. The Hall–Kier alpha value is -2.96. The second kappa shape index (κ2) is 5.59. The molecule has 1 saturated heterocycles. The minimum absolute atomic E-state index is 0.0354. The lowest BCUT2D eigenvalue weighted by Crippen LogP contribution is -2.33. The van der Waals surface area contributed by atoms with E-state index in [1.54, 1.807) is 17.3 Å². The van der Waals surface area contributed by atoms with E-state index in [2.05, 4.69) is 15.0 Å². The van der Waals surface area contributed by atoms with E-state index in [0.29, 0.717) is 24.0 Å². The average Bonchev–Trinajstić information content (AvgIpc) is 3.25. The van der Waals surface area contributed by atoms with Crippen LogP contribution in [0.15, 0.2) is 41.5 Å². The fraction of sp³-hybridized carbons (Fsp3) is 0.235. The first-order valence-corrected chi connectivity index (χ1v) is 7.73. The molecule has 0 spiro atoms. The molecular weight excluding hydrogens is 311 g/mol. The molecule has 0 bridgehead atoms. The molecule has 1 aliphatic heterocycles. The van der Waals surface area contributed by atoms with Crippen molar-refractivity contribution in [1.29, 1.82) is 0 Å². The Morgan fingerprint density at radius 2 is 2.21 bits per heavy atom. The minimum Gasteiger partial charge on any atom is -0.348 e. The average molecular weight is 326 g/mol. The summed E-state index contributed by atoms with van der Waals surface area (Å²) in [5.41, 5.74) is 0.0848. The van der Waals surface area contributed by atoms with Crippen LogP contribution >= 0.6 is 0 Å². The molecule has 3 aromatic rings. The number of rotatable bonds is 2. The normalized spacial score (nSPS) is 17.5. The predicted molar refractivity (Wildman–Crippen MR) is 86.4 cm³/mol. The van der Waals surface area contributed by atoms with Crippen LogP contribution in [0.2, 0.25) is 0 Å². The number of nitrogens with zero attached hydrogens (tertiary/aromatic N) is 2. The van der Waals surface area contributed by atoms with Crippen LogP contribution in [0.3, 0.4) is 0 Å². The Kier molecular flexibility index (Phi) is 3.41. The number of pyridine rings is 1. The van der Waals surface area contributed by atoms with Gasteiger partial charge >= 0.3 is 0 Å². The van der Waals surface area contributed by atoms with Gasteiger partial charge in [0.2, 0.25) is 0 Å². The minimum atomic E-state index is -0.458. The summed E-state index contributed by atoms with van der Waals surface area (Å²) in [5, 5.41) is 0.500. The van der Waals surface area contributed by atoms with Gasteiger partial charge in [0.25, 0.3) is 11.5 Å². The Balaban J connectivity index is 1.64. The number of amides is 1. The second-order valence-corrected chi connectivity index (χ2v) is 5.95. The summed E-state index contributed by atoms with van der Waals surface area (Å²) >= 11 is 0.